The van der Waals surface area contributed by atoms with E-state index in [4.69, 9.17) is 28.2 Å². The Bertz CT molecular complexity index is 775. The lowest BCUT2D eigenvalue weighted by molar-refractivity contribution is -0.115. The van der Waals surface area contributed by atoms with Gasteiger partial charge in [0.1, 0.15) is 4.32 Å². The Morgan fingerprint density at radius 3 is 2.65 bits per heavy atom. The second-order valence-corrected chi connectivity index (χ2v) is 8.39. The van der Waals surface area contributed by atoms with E-state index in [-0.39, 0.29) is 17.2 Å². The molecule has 0 saturated carbocycles. The fourth-order valence-electron chi connectivity index (χ4n) is 2.55. The maximum absolute atomic E-state index is 12.4. The van der Waals surface area contributed by atoms with Gasteiger partial charge >= 0.3 is 6.01 Å². The van der Waals surface area contributed by atoms with E-state index in [2.05, 4.69) is 20.4 Å². The van der Waals surface area contributed by atoms with Crippen molar-refractivity contribution in [3.63, 3.8) is 0 Å². The fourth-order valence-corrected chi connectivity index (χ4v) is 4.09. The number of hydrogen-bond acceptors (Lipinski definition) is 6. The number of nitrogens with one attached hydrogen (secondary N) is 1. The standard InChI is InChI=1S/C17H19ClN4O2S2/c1-11(26-17(25)22-9-3-2-4-10-22)14(23)19-16-21-20-15(24-16)12-5-7-13(18)8-6-12/h5-8,11H,2-4,9-10H2,1H3,(H,19,21,23). The van der Waals surface area contributed by atoms with Crippen LogP contribution in [0.15, 0.2) is 28.7 Å². The number of piperidine rings is 1. The number of aromatic nitrogens is 2. The molecule has 1 aromatic carbocycles. The number of benzene rings is 1. The monoisotopic (exact) mass is 410 g/mol. The van der Waals surface area contributed by atoms with Gasteiger partial charge in [-0.15, -0.1) is 5.10 Å². The first-order chi connectivity index (χ1) is 12.5. The number of anilines is 1. The molecule has 1 fully saturated rings. The summed E-state index contributed by atoms with van der Waals surface area (Å²) in [5.41, 5.74) is 0.732. The van der Waals surface area contributed by atoms with E-state index in [1.165, 1.54) is 18.2 Å². The van der Waals surface area contributed by atoms with Gasteiger partial charge in [0.15, 0.2) is 0 Å². The molecule has 1 aliphatic heterocycles. The van der Waals surface area contributed by atoms with E-state index in [1.807, 2.05) is 6.92 Å². The number of hydrogen-bond donors (Lipinski definition) is 1. The average molecular weight is 411 g/mol. The number of thiocarbonyl (C=S) groups is 1. The molecular weight excluding hydrogens is 392 g/mol. The zero-order valence-corrected chi connectivity index (χ0v) is 16.7. The quantitative estimate of drug-likeness (QED) is 0.756. The number of carbonyl (C=O) groups excluding carboxylic acids is 1. The normalized spacial score (nSPS) is 15.5. The van der Waals surface area contributed by atoms with E-state index in [0.29, 0.717) is 10.9 Å². The molecule has 1 aliphatic rings. The summed E-state index contributed by atoms with van der Waals surface area (Å²) in [4.78, 5) is 14.5. The molecule has 2 heterocycles. The van der Waals surface area contributed by atoms with E-state index in [1.54, 1.807) is 24.3 Å². The molecule has 9 heteroatoms. The SMILES string of the molecule is CC(SC(=S)N1CCCCC1)C(=O)Nc1nnc(-c2ccc(Cl)cc2)o1. The van der Waals surface area contributed by atoms with Crippen LogP contribution in [0, 0.1) is 0 Å². The average Bonchev–Trinajstić information content (AvgIpc) is 3.11. The molecule has 1 unspecified atom stereocenters. The van der Waals surface area contributed by atoms with Gasteiger partial charge in [0.05, 0.1) is 5.25 Å². The van der Waals surface area contributed by atoms with Gasteiger partial charge in [0.2, 0.25) is 11.8 Å². The highest BCUT2D eigenvalue weighted by atomic mass is 35.5. The highest BCUT2D eigenvalue weighted by Crippen LogP contribution is 2.23. The zero-order chi connectivity index (χ0) is 18.5. The van der Waals surface area contributed by atoms with E-state index in [0.717, 1.165) is 35.8 Å². The zero-order valence-electron chi connectivity index (χ0n) is 14.3. The molecule has 0 aliphatic carbocycles. The smallest absolute Gasteiger partial charge is 0.322 e. The van der Waals surface area contributed by atoms with Gasteiger partial charge in [0, 0.05) is 23.7 Å². The first-order valence-corrected chi connectivity index (χ1v) is 10.1. The highest BCUT2D eigenvalue weighted by molar-refractivity contribution is 8.23. The van der Waals surface area contributed by atoms with Gasteiger partial charge in [0.25, 0.3) is 0 Å². The van der Waals surface area contributed by atoms with Crippen molar-refractivity contribution in [2.75, 3.05) is 18.4 Å². The summed E-state index contributed by atoms with van der Waals surface area (Å²) in [5, 5.41) is 10.7. The van der Waals surface area contributed by atoms with Crippen molar-refractivity contribution in [1.82, 2.24) is 15.1 Å². The molecule has 0 radical (unpaired) electrons. The molecule has 2 aromatic rings. The van der Waals surface area contributed by atoms with Crippen molar-refractivity contribution in [1.29, 1.82) is 0 Å². The van der Waals surface area contributed by atoms with Crippen molar-refractivity contribution in [2.24, 2.45) is 0 Å². The van der Waals surface area contributed by atoms with Crippen LogP contribution < -0.4 is 5.32 Å². The van der Waals surface area contributed by atoms with Crippen LogP contribution in [-0.2, 0) is 4.79 Å². The molecule has 0 spiro atoms. The van der Waals surface area contributed by atoms with Gasteiger partial charge in [-0.3, -0.25) is 10.1 Å². The van der Waals surface area contributed by atoms with E-state index in [9.17, 15) is 4.79 Å². The van der Waals surface area contributed by atoms with Crippen molar-refractivity contribution < 1.29 is 9.21 Å². The lowest BCUT2D eigenvalue weighted by atomic mass is 10.1. The number of nitrogens with zero attached hydrogens (tertiary/aromatic N) is 3. The Labute approximate surface area is 166 Å². The van der Waals surface area contributed by atoms with Crippen molar-refractivity contribution in [3.05, 3.63) is 29.3 Å². The molecule has 138 valence electrons. The Hall–Kier alpha value is -1.64. The summed E-state index contributed by atoms with van der Waals surface area (Å²) in [7, 11) is 0. The Morgan fingerprint density at radius 2 is 1.96 bits per heavy atom. The van der Waals surface area contributed by atoms with E-state index < -0.39 is 0 Å². The summed E-state index contributed by atoms with van der Waals surface area (Å²) in [6.45, 7) is 3.75. The minimum atomic E-state index is -0.352. The van der Waals surface area contributed by atoms with Crippen LogP contribution >= 0.6 is 35.6 Å². The third-order valence-corrected chi connectivity index (χ3v) is 5.83. The molecule has 26 heavy (non-hydrogen) atoms. The Kier molecular flexibility index (Phi) is 6.50. The molecular formula is C17H19ClN4O2S2. The third-order valence-electron chi connectivity index (χ3n) is 4.01. The Balaban J connectivity index is 1.55. The lowest BCUT2D eigenvalue weighted by Crippen LogP contribution is -2.35. The molecule has 1 saturated heterocycles. The number of carbonyl (C=O) groups is 1. The third kappa shape index (κ3) is 4.96. The topological polar surface area (TPSA) is 71.3 Å². The minimum absolute atomic E-state index is 0.0660. The molecule has 6 nitrogen and oxygen atoms in total. The summed E-state index contributed by atoms with van der Waals surface area (Å²) in [5.74, 6) is 0.0989. The number of amides is 1. The minimum Gasteiger partial charge on any atom is -0.403 e. The predicted octanol–water partition coefficient (Wildman–Crippen LogP) is 4.22. The largest absolute Gasteiger partial charge is 0.403 e. The molecule has 1 atom stereocenters. The van der Waals surface area contributed by atoms with Crippen LogP contribution in [0.4, 0.5) is 6.01 Å². The Morgan fingerprint density at radius 1 is 1.27 bits per heavy atom. The second-order valence-electron chi connectivity index (χ2n) is 5.98. The van der Waals surface area contributed by atoms with Gasteiger partial charge in [-0.1, -0.05) is 40.7 Å². The van der Waals surface area contributed by atoms with Crippen LogP contribution in [0.1, 0.15) is 26.2 Å². The summed E-state index contributed by atoms with van der Waals surface area (Å²) < 4.78 is 6.27. The van der Waals surface area contributed by atoms with Crippen LogP contribution in [-0.4, -0.2) is 43.7 Å². The van der Waals surface area contributed by atoms with Gasteiger partial charge in [-0.05, 0) is 50.5 Å². The number of thioether (sulfide) groups is 1. The first kappa shape index (κ1) is 19.1. The summed E-state index contributed by atoms with van der Waals surface area (Å²) >= 11 is 12.7. The lowest BCUT2D eigenvalue weighted by Gasteiger charge is -2.29. The van der Waals surface area contributed by atoms with Crippen LogP contribution in [0.3, 0.4) is 0 Å². The first-order valence-electron chi connectivity index (χ1n) is 8.39. The maximum Gasteiger partial charge on any atom is 0.322 e. The van der Waals surface area contributed by atoms with Crippen molar-refractivity contribution in [2.45, 2.75) is 31.4 Å². The van der Waals surface area contributed by atoms with Gasteiger partial charge in [-0.25, -0.2) is 0 Å². The molecule has 3 rings (SSSR count). The maximum atomic E-state index is 12.4. The predicted molar refractivity (Wildman–Crippen MR) is 108 cm³/mol. The van der Waals surface area contributed by atoms with Crippen molar-refractivity contribution in [3.8, 4) is 11.5 Å². The highest BCUT2D eigenvalue weighted by Gasteiger charge is 2.22. The van der Waals surface area contributed by atoms with Crippen LogP contribution in [0.25, 0.3) is 11.5 Å². The van der Waals surface area contributed by atoms with Gasteiger partial charge in [-0.2, -0.15) is 0 Å². The fraction of sp³-hybridized carbons (Fsp3) is 0.412. The second kappa shape index (κ2) is 8.83. The van der Waals surface area contributed by atoms with Crippen LogP contribution in [0.2, 0.25) is 5.02 Å². The van der Waals surface area contributed by atoms with Crippen LogP contribution in [0.5, 0.6) is 0 Å². The summed E-state index contributed by atoms with van der Waals surface area (Å²) in [6, 6.07) is 7.09. The molecule has 1 amide bonds. The van der Waals surface area contributed by atoms with Crippen molar-refractivity contribution >= 4 is 51.8 Å². The number of likely N-dealkylation sites (tertiary alicyclic amines) is 1. The molecule has 0 bridgehead atoms. The number of rotatable bonds is 4. The molecule has 1 aromatic heterocycles. The number of halogens is 1. The van der Waals surface area contributed by atoms with E-state index >= 15 is 0 Å². The molecule has 1 N–H and O–H groups in total. The summed E-state index contributed by atoms with van der Waals surface area (Å²) in [6.07, 6.45) is 3.54. The van der Waals surface area contributed by atoms with Gasteiger partial charge < -0.3 is 9.32 Å².